The Labute approximate surface area is 61.4 Å². The van der Waals surface area contributed by atoms with Gasteiger partial charge in [-0.1, -0.05) is 0 Å². The van der Waals surface area contributed by atoms with E-state index in [1.165, 1.54) is 0 Å². The largest absolute Gasteiger partial charge is 0.234 e. The normalized spacial score (nSPS) is 10.0. The van der Waals surface area contributed by atoms with Crippen molar-refractivity contribution in [3.63, 3.8) is 0 Å². The standard InChI is InChI=1S/CCl2NPS2/c2-5(3,7)4-1-6. The molecular formula is CCl2NPS2. The summed E-state index contributed by atoms with van der Waals surface area (Å²) in [6.45, 7) is 0. The van der Waals surface area contributed by atoms with E-state index in [0.29, 0.717) is 0 Å². The molecule has 0 heterocycles. The van der Waals surface area contributed by atoms with E-state index >= 15 is 0 Å². The molecule has 0 unspecified atom stereocenters. The lowest BCUT2D eigenvalue weighted by Gasteiger charge is -1.86. The Morgan fingerprint density at radius 1 is 1.57 bits per heavy atom. The minimum Gasteiger partial charge on any atom is -0.168 e. The van der Waals surface area contributed by atoms with Gasteiger partial charge < -0.3 is 0 Å². The molecule has 1 nitrogen and oxygen atoms in total. The molecule has 0 radical (unpaired) electrons. The quantitative estimate of drug-likeness (QED) is 0.359. The van der Waals surface area contributed by atoms with Crippen LogP contribution in [0.3, 0.4) is 0 Å². The smallest absolute Gasteiger partial charge is 0.168 e. The van der Waals surface area contributed by atoms with E-state index in [1.54, 1.807) is 0 Å². The van der Waals surface area contributed by atoms with Gasteiger partial charge in [-0.15, -0.1) is 0 Å². The van der Waals surface area contributed by atoms with Crippen molar-refractivity contribution in [1.82, 2.24) is 0 Å². The van der Waals surface area contributed by atoms with Crippen LogP contribution in [0.2, 0.25) is 0 Å². The number of nitrogens with zero attached hydrogens (tertiary/aromatic N) is 1. The van der Waals surface area contributed by atoms with E-state index < -0.39 is 4.89 Å². The van der Waals surface area contributed by atoms with Gasteiger partial charge in [-0.2, -0.15) is 4.76 Å². The molecule has 0 amide bonds. The molecule has 0 aliphatic heterocycles. The fraction of sp³-hybridized carbons (Fsp3) is 0. The van der Waals surface area contributed by atoms with Gasteiger partial charge in [0.25, 0.3) is 0 Å². The Morgan fingerprint density at radius 2 is 2.00 bits per heavy atom. The van der Waals surface area contributed by atoms with E-state index in [4.69, 9.17) is 22.5 Å². The third kappa shape index (κ3) is 7.03. The molecule has 0 atom stereocenters. The van der Waals surface area contributed by atoms with Gasteiger partial charge in [0.1, 0.15) is 0 Å². The number of hydrogen-bond donors (Lipinski definition) is 0. The fourth-order valence-electron chi connectivity index (χ4n) is 0.0475. The molecule has 0 bridgehead atoms. The molecule has 0 aliphatic carbocycles. The molecule has 0 aromatic carbocycles. The van der Waals surface area contributed by atoms with Gasteiger partial charge in [-0.3, -0.25) is 0 Å². The lowest BCUT2D eigenvalue weighted by molar-refractivity contribution is 2.02. The lowest BCUT2D eigenvalue weighted by Crippen LogP contribution is -1.41. The van der Waals surface area contributed by atoms with Crippen LogP contribution in [0.15, 0.2) is 4.76 Å². The maximum absolute atomic E-state index is 5.23. The molecule has 7 heavy (non-hydrogen) atoms. The van der Waals surface area contributed by atoms with Crippen LogP contribution in [0.1, 0.15) is 0 Å². The van der Waals surface area contributed by atoms with E-state index in [2.05, 4.69) is 28.8 Å². The molecule has 0 aromatic rings. The van der Waals surface area contributed by atoms with Crippen LogP contribution in [-0.2, 0) is 11.8 Å². The number of halogens is 2. The predicted molar refractivity (Wildman–Crippen MR) is 41.0 cm³/mol. The zero-order chi connectivity index (χ0) is 5.91. The monoisotopic (exact) mass is 191 g/mol. The lowest BCUT2D eigenvalue weighted by atomic mass is 11.8. The first-order chi connectivity index (χ1) is 3.06. The second kappa shape index (κ2) is 3.13. The maximum Gasteiger partial charge on any atom is 0.234 e. The van der Waals surface area contributed by atoms with Crippen molar-refractivity contribution in [1.29, 1.82) is 0 Å². The summed E-state index contributed by atoms with van der Waals surface area (Å²) in [4.78, 5) is -2.48. The van der Waals surface area contributed by atoms with Gasteiger partial charge in [0.2, 0.25) is 4.89 Å². The van der Waals surface area contributed by atoms with Gasteiger partial charge in [0, 0.05) is 0 Å². The topological polar surface area (TPSA) is 12.4 Å². The zero-order valence-electron chi connectivity index (χ0n) is 2.97. The molecular weight excluding hydrogens is 192 g/mol. The van der Waals surface area contributed by atoms with Crippen LogP contribution in [0, 0.1) is 0 Å². The summed E-state index contributed by atoms with van der Waals surface area (Å²) in [7, 11) is 0. The predicted octanol–water partition coefficient (Wildman–Crippen LogP) is 2.79. The second-order valence-corrected chi connectivity index (χ2v) is 8.12. The Bertz CT molecular complexity index is 144. The third-order valence-electron chi connectivity index (χ3n) is 0.157. The van der Waals surface area contributed by atoms with Gasteiger partial charge in [-0.25, -0.2) is 0 Å². The van der Waals surface area contributed by atoms with E-state index in [0.717, 1.165) is 0 Å². The first-order valence-corrected chi connectivity index (χ1v) is 6.12. The average molecular weight is 192 g/mol. The van der Waals surface area contributed by atoms with Crippen LogP contribution in [0.4, 0.5) is 0 Å². The first kappa shape index (κ1) is 8.03. The fourth-order valence-corrected chi connectivity index (χ4v) is 1.28. The van der Waals surface area contributed by atoms with E-state index in [9.17, 15) is 0 Å². The maximum atomic E-state index is 5.23. The first-order valence-electron chi connectivity index (χ1n) is 1.15. The van der Waals surface area contributed by atoms with Crippen molar-refractivity contribution in [3.05, 3.63) is 0 Å². The molecule has 0 aromatic heterocycles. The van der Waals surface area contributed by atoms with Crippen LogP contribution in [0.25, 0.3) is 0 Å². The Kier molecular flexibility index (Phi) is 3.60. The SMILES string of the molecule is S=C=NP(=S)(Cl)Cl. The van der Waals surface area contributed by atoms with Crippen LogP contribution < -0.4 is 0 Å². The third-order valence-corrected chi connectivity index (χ3v) is 1.42. The molecule has 40 valence electrons. The molecule has 6 heteroatoms. The minimum atomic E-state index is -2.48. The average Bonchev–Trinajstić information content (AvgIpc) is 1.30. The number of rotatable bonds is 1. The number of isothiocyanates is 1. The number of hydrogen-bond acceptors (Lipinski definition) is 2. The van der Waals surface area contributed by atoms with Crippen LogP contribution in [-0.4, -0.2) is 5.16 Å². The summed E-state index contributed by atoms with van der Waals surface area (Å²) < 4.78 is 3.28. The molecule has 0 saturated carbocycles. The van der Waals surface area contributed by atoms with Crippen molar-refractivity contribution in [2.75, 3.05) is 0 Å². The highest BCUT2D eigenvalue weighted by molar-refractivity contribution is 8.38. The Balaban J connectivity index is 4.10. The summed E-state index contributed by atoms with van der Waals surface area (Å²) in [5, 5.41) is 2.00. The second-order valence-electron chi connectivity index (χ2n) is 0.626. The van der Waals surface area contributed by atoms with Gasteiger partial charge >= 0.3 is 0 Å². The summed E-state index contributed by atoms with van der Waals surface area (Å²) >= 11 is 19.1. The summed E-state index contributed by atoms with van der Waals surface area (Å²) in [6, 6.07) is 0. The van der Waals surface area contributed by atoms with E-state index in [-0.39, 0.29) is 0 Å². The van der Waals surface area contributed by atoms with E-state index in [1.807, 2.05) is 5.16 Å². The van der Waals surface area contributed by atoms with Crippen LogP contribution >= 0.6 is 39.6 Å². The molecule has 0 N–H and O–H groups in total. The molecule has 0 rings (SSSR count). The van der Waals surface area contributed by atoms with Gasteiger partial charge in [-0.05, 0) is 46.5 Å². The Hall–Kier alpha value is 1.03. The zero-order valence-corrected chi connectivity index (χ0v) is 7.01. The Morgan fingerprint density at radius 3 is 2.00 bits per heavy atom. The molecule has 0 saturated heterocycles. The molecule has 0 aliphatic rings. The summed E-state index contributed by atoms with van der Waals surface area (Å²) in [6.07, 6.45) is 0. The summed E-state index contributed by atoms with van der Waals surface area (Å²) in [5.41, 5.74) is 0. The van der Waals surface area contributed by atoms with Crippen molar-refractivity contribution in [2.24, 2.45) is 4.76 Å². The van der Waals surface area contributed by atoms with Crippen molar-refractivity contribution in [2.45, 2.75) is 0 Å². The van der Waals surface area contributed by atoms with Gasteiger partial charge in [0.15, 0.2) is 0 Å². The number of thiocarbonyl (C=S) groups is 1. The molecule has 0 spiro atoms. The highest BCUT2D eigenvalue weighted by Gasteiger charge is 2.00. The van der Waals surface area contributed by atoms with Crippen molar-refractivity contribution >= 4 is 56.6 Å². The highest BCUT2D eigenvalue weighted by atomic mass is 35.9. The van der Waals surface area contributed by atoms with Gasteiger partial charge in [0.05, 0.1) is 5.16 Å². The van der Waals surface area contributed by atoms with Crippen molar-refractivity contribution < 1.29 is 0 Å². The van der Waals surface area contributed by atoms with Crippen LogP contribution in [0.5, 0.6) is 0 Å². The highest BCUT2D eigenvalue weighted by Crippen LogP contribution is 2.57. The molecule has 0 fully saturated rings. The minimum absolute atomic E-state index is 2.00. The van der Waals surface area contributed by atoms with Crippen molar-refractivity contribution in [3.8, 4) is 0 Å². The summed E-state index contributed by atoms with van der Waals surface area (Å²) in [5.74, 6) is 0.